The van der Waals surface area contributed by atoms with Crippen LogP contribution in [-0.4, -0.2) is 15.5 Å². The van der Waals surface area contributed by atoms with E-state index in [9.17, 15) is 4.79 Å². The van der Waals surface area contributed by atoms with Crippen LogP contribution < -0.4 is 5.32 Å². The number of nitrogens with zero attached hydrogens (tertiary/aromatic N) is 2. The highest BCUT2D eigenvalue weighted by Crippen LogP contribution is 2.19. The van der Waals surface area contributed by atoms with Crippen molar-refractivity contribution in [2.24, 2.45) is 0 Å². The van der Waals surface area contributed by atoms with Crippen LogP contribution in [0.1, 0.15) is 17.3 Å². The summed E-state index contributed by atoms with van der Waals surface area (Å²) >= 11 is 0. The van der Waals surface area contributed by atoms with Crippen LogP contribution in [0, 0.1) is 0 Å². The largest absolute Gasteiger partial charge is 0.351 e. The second-order valence-corrected chi connectivity index (χ2v) is 4.62. The average molecular weight is 265 g/mol. The van der Waals surface area contributed by atoms with Crippen LogP contribution in [-0.2, 0) is 6.54 Å². The summed E-state index contributed by atoms with van der Waals surface area (Å²) in [6.07, 6.45) is 0. The molecule has 1 heterocycles. The van der Waals surface area contributed by atoms with Gasteiger partial charge in [0.2, 0.25) is 11.9 Å². The van der Waals surface area contributed by atoms with Crippen LogP contribution in [0.3, 0.4) is 0 Å². The number of hydrogen-bond acceptors (Lipinski definition) is 3. The molecule has 0 fully saturated rings. The van der Waals surface area contributed by atoms with Crippen LogP contribution in [0.2, 0.25) is 0 Å². The first-order chi connectivity index (χ1) is 9.75. The van der Waals surface area contributed by atoms with E-state index in [2.05, 4.69) is 10.3 Å². The maximum Gasteiger partial charge on any atom is 0.230 e. The third-order valence-corrected chi connectivity index (χ3v) is 3.17. The molecule has 0 saturated carbocycles. The Balaban J connectivity index is 1.95. The van der Waals surface area contributed by atoms with E-state index in [1.807, 2.05) is 54.6 Å². The van der Waals surface area contributed by atoms with Gasteiger partial charge in [0.15, 0.2) is 0 Å². The first-order valence-electron chi connectivity index (χ1n) is 6.52. The fraction of sp³-hybridized carbons (Fsp3) is 0.125. The zero-order valence-corrected chi connectivity index (χ0v) is 11.2. The van der Waals surface area contributed by atoms with Crippen molar-refractivity contribution in [1.82, 2.24) is 9.55 Å². The highest BCUT2D eigenvalue weighted by molar-refractivity contribution is 5.92. The first kappa shape index (κ1) is 12.4. The van der Waals surface area contributed by atoms with Gasteiger partial charge in [0.05, 0.1) is 11.0 Å². The van der Waals surface area contributed by atoms with Crippen molar-refractivity contribution < 1.29 is 4.79 Å². The van der Waals surface area contributed by atoms with Crippen molar-refractivity contribution in [2.75, 3.05) is 5.32 Å². The molecule has 0 spiro atoms. The van der Waals surface area contributed by atoms with E-state index in [1.165, 1.54) is 0 Å². The van der Waals surface area contributed by atoms with Gasteiger partial charge in [-0.05, 0) is 17.7 Å². The molecule has 0 atom stereocenters. The smallest absolute Gasteiger partial charge is 0.230 e. The fourth-order valence-electron chi connectivity index (χ4n) is 2.24. The second kappa shape index (κ2) is 5.17. The number of carbonyl (C=O) groups is 1. The molecule has 0 aliphatic carbocycles. The first-order valence-corrected chi connectivity index (χ1v) is 6.52. The van der Waals surface area contributed by atoms with Gasteiger partial charge in [0.1, 0.15) is 0 Å². The van der Waals surface area contributed by atoms with Crippen molar-refractivity contribution in [3.8, 4) is 0 Å². The predicted octanol–water partition coefficient (Wildman–Crippen LogP) is 3.31. The van der Waals surface area contributed by atoms with Gasteiger partial charge in [0.25, 0.3) is 0 Å². The minimum Gasteiger partial charge on any atom is -0.351 e. The Morgan fingerprint density at radius 2 is 1.80 bits per heavy atom. The molecule has 0 saturated heterocycles. The van der Waals surface area contributed by atoms with E-state index in [-0.39, 0.29) is 5.91 Å². The monoisotopic (exact) mass is 265 g/mol. The summed E-state index contributed by atoms with van der Waals surface area (Å²) in [5.74, 6) is 0.539. The molecule has 0 amide bonds. The highest BCUT2D eigenvalue weighted by atomic mass is 16.1. The molecule has 2 aromatic carbocycles. The van der Waals surface area contributed by atoms with Gasteiger partial charge in [-0.25, -0.2) is 9.55 Å². The fourth-order valence-corrected chi connectivity index (χ4v) is 2.24. The third kappa shape index (κ3) is 2.28. The number of benzene rings is 2. The molecule has 0 bridgehead atoms. The zero-order chi connectivity index (χ0) is 13.9. The summed E-state index contributed by atoms with van der Waals surface area (Å²) in [6, 6.07) is 17.7. The molecular weight excluding hydrogens is 250 g/mol. The molecular formula is C16H15N3O. The van der Waals surface area contributed by atoms with Crippen LogP contribution >= 0.6 is 0 Å². The molecule has 0 aliphatic rings. The Morgan fingerprint density at radius 3 is 2.55 bits per heavy atom. The molecule has 1 aromatic heterocycles. The topological polar surface area (TPSA) is 46.9 Å². The molecule has 3 aromatic rings. The number of fused-ring (bicyclic) bond motifs is 1. The SMILES string of the molecule is CC(=O)n1c(NCc2ccccc2)nc2ccccc21. The molecule has 1 N–H and O–H groups in total. The minimum atomic E-state index is -0.0470. The lowest BCUT2D eigenvalue weighted by Crippen LogP contribution is -2.12. The lowest BCUT2D eigenvalue weighted by atomic mass is 10.2. The molecule has 20 heavy (non-hydrogen) atoms. The van der Waals surface area contributed by atoms with Crippen LogP contribution in [0.25, 0.3) is 11.0 Å². The summed E-state index contributed by atoms with van der Waals surface area (Å²) in [7, 11) is 0. The van der Waals surface area contributed by atoms with Gasteiger partial charge in [-0.15, -0.1) is 0 Å². The number of hydrogen-bond donors (Lipinski definition) is 1. The van der Waals surface area contributed by atoms with Crippen molar-refractivity contribution >= 4 is 22.9 Å². The minimum absolute atomic E-state index is 0.0470. The lowest BCUT2D eigenvalue weighted by Gasteiger charge is -2.07. The lowest BCUT2D eigenvalue weighted by molar-refractivity contribution is 0.0943. The Kier molecular flexibility index (Phi) is 3.21. The van der Waals surface area contributed by atoms with E-state index < -0.39 is 0 Å². The maximum absolute atomic E-state index is 11.8. The molecule has 0 radical (unpaired) electrons. The number of aromatic nitrogens is 2. The quantitative estimate of drug-likeness (QED) is 0.790. The molecule has 3 rings (SSSR count). The highest BCUT2D eigenvalue weighted by Gasteiger charge is 2.12. The van der Waals surface area contributed by atoms with Gasteiger partial charge in [-0.1, -0.05) is 42.5 Å². The van der Waals surface area contributed by atoms with E-state index in [1.54, 1.807) is 11.5 Å². The Morgan fingerprint density at radius 1 is 1.10 bits per heavy atom. The van der Waals surface area contributed by atoms with Gasteiger partial charge >= 0.3 is 0 Å². The van der Waals surface area contributed by atoms with E-state index in [4.69, 9.17) is 0 Å². The molecule has 100 valence electrons. The number of nitrogens with one attached hydrogen (secondary N) is 1. The predicted molar refractivity (Wildman–Crippen MR) is 79.8 cm³/mol. The third-order valence-electron chi connectivity index (χ3n) is 3.17. The zero-order valence-electron chi connectivity index (χ0n) is 11.2. The standard InChI is InChI=1S/C16H15N3O/c1-12(20)19-15-10-6-5-9-14(15)18-16(19)17-11-13-7-3-2-4-8-13/h2-10H,11H2,1H3,(H,17,18). The number of imidazole rings is 1. The molecule has 4 heteroatoms. The Labute approximate surface area is 117 Å². The molecule has 4 nitrogen and oxygen atoms in total. The van der Waals surface area contributed by atoms with Gasteiger partial charge in [0, 0.05) is 13.5 Å². The number of anilines is 1. The van der Waals surface area contributed by atoms with Gasteiger partial charge < -0.3 is 5.32 Å². The summed E-state index contributed by atoms with van der Waals surface area (Å²) < 4.78 is 1.61. The van der Waals surface area contributed by atoms with Crippen LogP contribution in [0.5, 0.6) is 0 Å². The van der Waals surface area contributed by atoms with E-state index in [0.717, 1.165) is 16.6 Å². The van der Waals surface area contributed by atoms with Crippen LogP contribution in [0.15, 0.2) is 54.6 Å². The number of rotatable bonds is 3. The Bertz CT molecular complexity index is 747. The maximum atomic E-state index is 11.8. The Hall–Kier alpha value is -2.62. The summed E-state index contributed by atoms with van der Waals surface area (Å²) in [4.78, 5) is 16.3. The average Bonchev–Trinajstić information content (AvgIpc) is 2.84. The van der Waals surface area contributed by atoms with Gasteiger partial charge in [-0.3, -0.25) is 4.79 Å². The molecule has 0 aliphatic heterocycles. The van der Waals surface area contributed by atoms with E-state index >= 15 is 0 Å². The van der Waals surface area contributed by atoms with Crippen molar-refractivity contribution in [1.29, 1.82) is 0 Å². The van der Waals surface area contributed by atoms with Crippen molar-refractivity contribution in [3.05, 3.63) is 60.2 Å². The van der Waals surface area contributed by atoms with E-state index in [0.29, 0.717) is 12.5 Å². The summed E-state index contributed by atoms with van der Waals surface area (Å²) in [5, 5.41) is 3.23. The van der Waals surface area contributed by atoms with Crippen molar-refractivity contribution in [3.63, 3.8) is 0 Å². The van der Waals surface area contributed by atoms with Gasteiger partial charge in [-0.2, -0.15) is 0 Å². The summed E-state index contributed by atoms with van der Waals surface area (Å²) in [5.41, 5.74) is 2.79. The second-order valence-electron chi connectivity index (χ2n) is 4.62. The normalized spacial score (nSPS) is 10.7. The number of para-hydroxylation sites is 2. The van der Waals surface area contributed by atoms with Crippen LogP contribution in [0.4, 0.5) is 5.95 Å². The number of carbonyl (C=O) groups excluding carboxylic acids is 1. The van der Waals surface area contributed by atoms with Crippen molar-refractivity contribution in [2.45, 2.75) is 13.5 Å². The summed E-state index contributed by atoms with van der Waals surface area (Å²) in [6.45, 7) is 2.18. The molecule has 0 unspecified atom stereocenters.